The number of anilines is 1. The average Bonchev–Trinajstić information content (AvgIpc) is 3.19. The maximum atomic E-state index is 13.0. The molecule has 3 rings (SSSR count). The third-order valence-electron chi connectivity index (χ3n) is 3.74. The molecule has 0 radical (unpaired) electrons. The van der Waals surface area contributed by atoms with Gasteiger partial charge in [0.05, 0.1) is 11.6 Å². The number of ether oxygens (including phenoxy) is 1. The molecule has 8 heteroatoms. The molecule has 0 aliphatic heterocycles. The lowest BCUT2D eigenvalue weighted by atomic mass is 10.2. The second kappa shape index (κ2) is 8.41. The first-order valence-corrected chi connectivity index (χ1v) is 9.07. The Morgan fingerprint density at radius 2 is 1.86 bits per heavy atom. The van der Waals surface area contributed by atoms with Crippen molar-refractivity contribution < 1.29 is 18.7 Å². The van der Waals surface area contributed by atoms with Gasteiger partial charge in [-0.3, -0.25) is 4.79 Å². The van der Waals surface area contributed by atoms with Crippen molar-refractivity contribution in [3.63, 3.8) is 0 Å². The molecule has 1 N–H and O–H groups in total. The summed E-state index contributed by atoms with van der Waals surface area (Å²) in [5.41, 5.74) is 1.71. The summed E-state index contributed by atoms with van der Waals surface area (Å²) in [4.78, 5) is 28.6. The smallest absolute Gasteiger partial charge is 0.358 e. The molecule has 1 atom stereocenters. The number of hydrogen-bond donors (Lipinski definition) is 1. The zero-order valence-electron chi connectivity index (χ0n) is 14.7. The van der Waals surface area contributed by atoms with Crippen molar-refractivity contribution in [3.8, 4) is 16.6 Å². The average molecular weight is 395 g/mol. The normalized spacial score (nSPS) is 11.3. The molecule has 1 heterocycles. The first kappa shape index (κ1) is 19.2. The van der Waals surface area contributed by atoms with Gasteiger partial charge in [0.1, 0.15) is 10.8 Å². The Morgan fingerprint density at radius 1 is 1.18 bits per heavy atom. The first-order valence-electron chi connectivity index (χ1n) is 8.20. The van der Waals surface area contributed by atoms with E-state index in [9.17, 15) is 14.0 Å². The van der Waals surface area contributed by atoms with Crippen LogP contribution in [0.3, 0.4) is 0 Å². The minimum absolute atomic E-state index is 0.0716. The van der Waals surface area contributed by atoms with Gasteiger partial charge >= 0.3 is 5.97 Å². The van der Waals surface area contributed by atoms with Crippen molar-refractivity contribution >= 4 is 28.9 Å². The topological polar surface area (TPSA) is 92.1 Å². The van der Waals surface area contributed by atoms with E-state index in [-0.39, 0.29) is 11.5 Å². The third kappa shape index (κ3) is 4.58. The number of carbonyl (C=O) groups excluding carboxylic acids is 2. The van der Waals surface area contributed by atoms with Crippen molar-refractivity contribution in [2.45, 2.75) is 13.0 Å². The van der Waals surface area contributed by atoms with E-state index in [0.717, 1.165) is 0 Å². The number of nitriles is 1. The maximum absolute atomic E-state index is 13.0. The fourth-order valence-corrected chi connectivity index (χ4v) is 3.03. The predicted molar refractivity (Wildman–Crippen MR) is 102 cm³/mol. The van der Waals surface area contributed by atoms with Gasteiger partial charge in [-0.05, 0) is 55.5 Å². The summed E-state index contributed by atoms with van der Waals surface area (Å²) in [7, 11) is 0. The van der Waals surface area contributed by atoms with Crippen LogP contribution in [0.5, 0.6) is 0 Å². The fraction of sp³-hybridized carbons (Fsp3) is 0.100. The monoisotopic (exact) mass is 395 g/mol. The number of nitrogens with zero attached hydrogens (tertiary/aromatic N) is 2. The molecule has 3 aromatic rings. The number of thiazole rings is 1. The SMILES string of the molecule is C[C@@H](OC(=O)c1csc(-c2ccc(F)cc2)n1)C(=O)Nc1ccc(C#N)cc1. The Morgan fingerprint density at radius 3 is 2.50 bits per heavy atom. The summed E-state index contributed by atoms with van der Waals surface area (Å²) >= 11 is 1.22. The Hall–Kier alpha value is -3.57. The van der Waals surface area contributed by atoms with Gasteiger partial charge in [-0.2, -0.15) is 5.26 Å². The molecule has 0 spiro atoms. The molecule has 0 saturated heterocycles. The van der Waals surface area contributed by atoms with Gasteiger partial charge in [0.2, 0.25) is 0 Å². The van der Waals surface area contributed by atoms with E-state index in [2.05, 4.69) is 10.3 Å². The van der Waals surface area contributed by atoms with Gasteiger partial charge in [-0.1, -0.05) is 0 Å². The standard InChI is InChI=1S/C20H14FN3O3S/c1-12(18(25)23-16-8-2-13(10-22)3-9-16)27-20(26)17-11-28-19(24-17)14-4-6-15(21)7-5-14/h2-9,11-12H,1H3,(H,23,25)/t12-/m1/s1. The van der Waals surface area contributed by atoms with Crippen LogP contribution >= 0.6 is 11.3 Å². The minimum atomic E-state index is -1.04. The number of amides is 1. The van der Waals surface area contributed by atoms with Crippen LogP contribution in [0.1, 0.15) is 23.0 Å². The molecule has 0 fully saturated rings. The fourth-order valence-electron chi connectivity index (χ4n) is 2.24. The van der Waals surface area contributed by atoms with E-state index >= 15 is 0 Å². The van der Waals surface area contributed by atoms with E-state index < -0.39 is 18.0 Å². The number of benzene rings is 2. The van der Waals surface area contributed by atoms with Crippen molar-refractivity contribution in [1.82, 2.24) is 4.98 Å². The number of nitrogens with one attached hydrogen (secondary N) is 1. The van der Waals surface area contributed by atoms with Crippen molar-refractivity contribution in [2.75, 3.05) is 5.32 Å². The van der Waals surface area contributed by atoms with Gasteiger partial charge in [0.15, 0.2) is 11.8 Å². The molecule has 0 aliphatic carbocycles. The van der Waals surface area contributed by atoms with Gasteiger partial charge in [-0.25, -0.2) is 14.2 Å². The van der Waals surface area contributed by atoms with Crippen molar-refractivity contribution in [2.24, 2.45) is 0 Å². The molecule has 1 aromatic heterocycles. The zero-order chi connectivity index (χ0) is 20.1. The van der Waals surface area contributed by atoms with E-state index in [1.165, 1.54) is 35.8 Å². The van der Waals surface area contributed by atoms with Crippen LogP contribution < -0.4 is 5.32 Å². The van der Waals surface area contributed by atoms with E-state index in [0.29, 0.717) is 21.8 Å². The molecular weight excluding hydrogens is 381 g/mol. The Balaban J connectivity index is 1.61. The van der Waals surface area contributed by atoms with Gasteiger partial charge < -0.3 is 10.1 Å². The molecule has 0 bridgehead atoms. The van der Waals surface area contributed by atoms with Crippen LogP contribution in [0.25, 0.3) is 10.6 Å². The lowest BCUT2D eigenvalue weighted by molar-refractivity contribution is -0.123. The van der Waals surface area contributed by atoms with Crippen LogP contribution in [-0.4, -0.2) is 23.0 Å². The van der Waals surface area contributed by atoms with E-state index in [1.54, 1.807) is 36.4 Å². The van der Waals surface area contributed by atoms with Crippen LogP contribution in [-0.2, 0) is 9.53 Å². The highest BCUT2D eigenvalue weighted by Gasteiger charge is 2.21. The molecule has 0 saturated carbocycles. The summed E-state index contributed by atoms with van der Waals surface area (Å²) in [5, 5.41) is 13.4. The van der Waals surface area contributed by atoms with Crippen LogP contribution in [0.15, 0.2) is 53.9 Å². The summed E-state index contributed by atoms with van der Waals surface area (Å²) < 4.78 is 18.2. The largest absolute Gasteiger partial charge is 0.448 e. The molecule has 2 aromatic carbocycles. The molecule has 140 valence electrons. The number of esters is 1. The van der Waals surface area contributed by atoms with E-state index in [4.69, 9.17) is 10.00 Å². The predicted octanol–water partition coefficient (Wildman–Crippen LogP) is 4.00. The van der Waals surface area contributed by atoms with Crippen LogP contribution in [0, 0.1) is 17.1 Å². The zero-order valence-corrected chi connectivity index (χ0v) is 15.5. The van der Waals surface area contributed by atoms with E-state index in [1.807, 2.05) is 6.07 Å². The lowest BCUT2D eigenvalue weighted by Gasteiger charge is -2.12. The minimum Gasteiger partial charge on any atom is -0.448 e. The second-order valence-electron chi connectivity index (χ2n) is 5.77. The molecule has 0 unspecified atom stereocenters. The highest BCUT2D eigenvalue weighted by atomic mass is 32.1. The summed E-state index contributed by atoms with van der Waals surface area (Å²) in [6.45, 7) is 1.45. The van der Waals surface area contributed by atoms with Gasteiger partial charge in [-0.15, -0.1) is 11.3 Å². The highest BCUT2D eigenvalue weighted by molar-refractivity contribution is 7.13. The molecular formula is C20H14FN3O3S. The maximum Gasteiger partial charge on any atom is 0.358 e. The lowest BCUT2D eigenvalue weighted by Crippen LogP contribution is -2.30. The quantitative estimate of drug-likeness (QED) is 0.659. The number of carbonyl (C=O) groups is 2. The second-order valence-corrected chi connectivity index (χ2v) is 6.63. The van der Waals surface area contributed by atoms with Crippen LogP contribution in [0.4, 0.5) is 10.1 Å². The number of rotatable bonds is 5. The summed E-state index contributed by atoms with van der Waals surface area (Å²) in [5.74, 6) is -1.60. The number of aromatic nitrogens is 1. The number of halogens is 1. The third-order valence-corrected chi connectivity index (χ3v) is 4.63. The summed E-state index contributed by atoms with van der Waals surface area (Å²) in [6, 6.07) is 14.0. The Labute approximate surface area is 164 Å². The van der Waals surface area contributed by atoms with Gasteiger partial charge in [0, 0.05) is 16.6 Å². The molecule has 0 aliphatic rings. The molecule has 6 nitrogen and oxygen atoms in total. The van der Waals surface area contributed by atoms with Crippen molar-refractivity contribution in [3.05, 3.63) is 71.0 Å². The molecule has 28 heavy (non-hydrogen) atoms. The van der Waals surface area contributed by atoms with Gasteiger partial charge in [0.25, 0.3) is 5.91 Å². The van der Waals surface area contributed by atoms with Crippen molar-refractivity contribution in [1.29, 1.82) is 5.26 Å². The summed E-state index contributed by atoms with van der Waals surface area (Å²) in [6.07, 6.45) is -1.04. The first-order chi connectivity index (χ1) is 13.5. The number of hydrogen-bond acceptors (Lipinski definition) is 6. The Bertz CT molecular complexity index is 1040. The Kier molecular flexibility index (Phi) is 5.77. The highest BCUT2D eigenvalue weighted by Crippen LogP contribution is 2.24. The molecule has 1 amide bonds. The van der Waals surface area contributed by atoms with Crippen LogP contribution in [0.2, 0.25) is 0 Å².